The Morgan fingerprint density at radius 2 is 0.750 bits per heavy atom. The summed E-state index contributed by atoms with van der Waals surface area (Å²) in [6.07, 6.45) is 23.8. The summed E-state index contributed by atoms with van der Waals surface area (Å²) in [6.45, 7) is 31.7. The van der Waals surface area contributed by atoms with Crippen LogP contribution in [0.5, 0.6) is 0 Å². The van der Waals surface area contributed by atoms with Crippen molar-refractivity contribution in [3.8, 4) is 28.9 Å². The third kappa shape index (κ3) is 33.1. The van der Waals surface area contributed by atoms with E-state index in [2.05, 4.69) is 167 Å². The summed E-state index contributed by atoms with van der Waals surface area (Å²) in [4.78, 5) is 70.2. The highest BCUT2D eigenvalue weighted by Gasteiger charge is 2.33. The Labute approximate surface area is 741 Å². The second kappa shape index (κ2) is 54.2. The van der Waals surface area contributed by atoms with Crippen LogP contribution in [0.4, 0.5) is 0 Å². The number of benzene rings is 8. The number of hydrogen-bond acceptors (Lipinski definition) is 14. The molecule has 8 aromatic carbocycles. The number of unbranched alkanes of at least 4 members (excludes halogenated alkanes) is 6. The molecule has 3 aliphatic rings. The molecule has 3 saturated heterocycles. The SMILES string of the molecule is CCCCCc1ccc(C(=O)N(Cc2ccc(-c3noc(-c4ccccc4)n3)cc2)C2CCN(CCC(C)C)CC2)cc1.CCCCCc1ccc(C(=O)N(Cc2ccc(/C(N)=N/O)cc2)C2CCN(CCC(C)C)CC2)cc1.CCCCCc1ccc(C(=O)N(Cc2ccc(C#N)cc2)C2CCN(CCC(C)C)CC2)cc1.CN.O=C(O)c1ccccc1. The first kappa shape index (κ1) is 98.8. The molecule has 3 aliphatic heterocycles. The number of likely N-dealkylation sites (tertiary alicyclic amines) is 3. The van der Waals surface area contributed by atoms with Crippen LogP contribution in [0.1, 0.15) is 264 Å². The van der Waals surface area contributed by atoms with Gasteiger partial charge in [0.2, 0.25) is 5.82 Å². The zero-order chi connectivity index (χ0) is 89.0. The second-order valence-corrected chi connectivity index (χ2v) is 34.7. The smallest absolute Gasteiger partial charge is 0.335 e. The van der Waals surface area contributed by atoms with E-state index in [0.29, 0.717) is 59.9 Å². The molecule has 0 atom stereocenters. The maximum absolute atomic E-state index is 14.0. The number of carbonyl (C=O) groups is 4. The number of oxime groups is 1. The van der Waals surface area contributed by atoms with Crippen LogP contribution in [0.2, 0.25) is 0 Å². The molecule has 0 radical (unpaired) electrons. The summed E-state index contributed by atoms with van der Waals surface area (Å²) in [5, 5.41) is 33.7. The van der Waals surface area contributed by atoms with Gasteiger partial charge < -0.3 is 55.7 Å². The van der Waals surface area contributed by atoms with E-state index < -0.39 is 5.97 Å². The molecule has 1 aromatic heterocycles. The molecule has 0 bridgehead atoms. The number of amides is 3. The van der Waals surface area contributed by atoms with Crippen molar-refractivity contribution in [2.24, 2.45) is 34.4 Å². The van der Waals surface area contributed by atoms with Crippen molar-refractivity contribution in [3.05, 3.63) is 273 Å². The average Bonchev–Trinajstić information content (AvgIpc) is 1.05. The molecule has 9 aromatic rings. The highest BCUT2D eigenvalue weighted by molar-refractivity contribution is 5.97. The maximum Gasteiger partial charge on any atom is 0.335 e. The zero-order valence-electron chi connectivity index (χ0n) is 76.0. The molecule has 124 heavy (non-hydrogen) atoms. The summed E-state index contributed by atoms with van der Waals surface area (Å²) in [6, 6.07) is 69.2. The Hall–Kier alpha value is -10.6. The Kier molecular flexibility index (Phi) is 43.2. The van der Waals surface area contributed by atoms with Crippen LogP contribution in [0.15, 0.2) is 216 Å². The highest BCUT2D eigenvalue weighted by Crippen LogP contribution is 2.30. The van der Waals surface area contributed by atoms with Crippen molar-refractivity contribution in [1.29, 1.82) is 5.26 Å². The average molecular weight is 1680 g/mol. The van der Waals surface area contributed by atoms with Crippen LogP contribution in [0.3, 0.4) is 0 Å². The summed E-state index contributed by atoms with van der Waals surface area (Å²) >= 11 is 0. The summed E-state index contributed by atoms with van der Waals surface area (Å²) in [5.41, 5.74) is 23.1. The van der Waals surface area contributed by atoms with Gasteiger partial charge in [-0.25, -0.2) is 4.79 Å². The van der Waals surface area contributed by atoms with Gasteiger partial charge in [0.1, 0.15) is 0 Å². The number of nitrogens with zero attached hydrogens (tertiary/aromatic N) is 10. The lowest BCUT2D eigenvalue weighted by molar-refractivity contribution is 0.0539. The van der Waals surface area contributed by atoms with Crippen LogP contribution < -0.4 is 11.5 Å². The van der Waals surface area contributed by atoms with E-state index in [4.69, 9.17) is 25.8 Å². The van der Waals surface area contributed by atoms with Crippen LogP contribution in [-0.2, 0) is 38.9 Å². The first-order valence-corrected chi connectivity index (χ1v) is 46.0. The lowest BCUT2D eigenvalue weighted by Gasteiger charge is -2.39. The largest absolute Gasteiger partial charge is 0.478 e. The number of carboxylic acids is 1. The van der Waals surface area contributed by atoms with Gasteiger partial charge in [0.15, 0.2) is 5.84 Å². The molecule has 664 valence electrons. The van der Waals surface area contributed by atoms with E-state index in [0.717, 1.165) is 167 Å². The number of hydrogen-bond donors (Lipinski definition) is 4. The number of aromatic carboxylic acids is 1. The Bertz CT molecular complexity index is 4590. The van der Waals surface area contributed by atoms with Crippen molar-refractivity contribution >= 4 is 29.5 Å². The number of piperidine rings is 3. The molecule has 4 heterocycles. The van der Waals surface area contributed by atoms with Crippen LogP contribution in [0, 0.1) is 29.1 Å². The van der Waals surface area contributed by atoms with Gasteiger partial charge in [0.05, 0.1) is 17.2 Å². The molecular formula is C105H142N12O7. The minimum atomic E-state index is -0.879. The molecule has 3 fully saturated rings. The predicted octanol–water partition coefficient (Wildman–Crippen LogP) is 21.4. The molecular weight excluding hydrogens is 1540 g/mol. The van der Waals surface area contributed by atoms with Crippen LogP contribution >= 0.6 is 0 Å². The van der Waals surface area contributed by atoms with Crippen LogP contribution in [0.25, 0.3) is 22.8 Å². The van der Waals surface area contributed by atoms with Gasteiger partial charge in [0.25, 0.3) is 23.6 Å². The summed E-state index contributed by atoms with van der Waals surface area (Å²) in [5.74, 6) is 2.74. The lowest BCUT2D eigenvalue weighted by atomic mass is 9.99. The van der Waals surface area contributed by atoms with Gasteiger partial charge in [-0.2, -0.15) is 10.2 Å². The minimum absolute atomic E-state index is 0.0854. The zero-order valence-corrected chi connectivity index (χ0v) is 76.0. The normalized spacial score (nSPS) is 14.2. The number of carbonyl (C=O) groups excluding carboxylic acids is 3. The number of carboxylic acid groups (broad SMARTS) is 1. The minimum Gasteiger partial charge on any atom is -0.478 e. The molecule has 6 N–H and O–H groups in total. The fraction of sp³-hybridized carbons (Fsp3) is 0.467. The third-order valence-corrected chi connectivity index (χ3v) is 23.8. The second-order valence-electron chi connectivity index (χ2n) is 34.7. The van der Waals surface area contributed by atoms with Gasteiger partial charge in [-0.1, -0.05) is 245 Å². The van der Waals surface area contributed by atoms with Crippen molar-refractivity contribution in [1.82, 2.24) is 39.5 Å². The Morgan fingerprint density at radius 3 is 1.06 bits per heavy atom. The fourth-order valence-electron chi connectivity index (χ4n) is 16.0. The van der Waals surface area contributed by atoms with E-state index in [1.807, 2.05) is 127 Å². The molecule has 0 aliphatic carbocycles. The van der Waals surface area contributed by atoms with Gasteiger partial charge in [-0.05, 0) is 247 Å². The van der Waals surface area contributed by atoms with Gasteiger partial charge >= 0.3 is 5.97 Å². The Morgan fingerprint density at radius 1 is 0.435 bits per heavy atom. The quantitative estimate of drug-likeness (QED) is 0.00928. The molecule has 19 heteroatoms. The van der Waals surface area contributed by atoms with E-state index >= 15 is 0 Å². The van der Waals surface area contributed by atoms with E-state index in [1.165, 1.54) is 101 Å². The maximum atomic E-state index is 14.0. The molecule has 0 spiro atoms. The van der Waals surface area contributed by atoms with Crippen LogP contribution in [-0.4, -0.2) is 163 Å². The number of aromatic nitrogens is 2. The molecule has 3 amide bonds. The van der Waals surface area contributed by atoms with Crippen molar-refractivity contribution in [2.75, 3.05) is 66.0 Å². The first-order chi connectivity index (χ1) is 60.2. The van der Waals surface area contributed by atoms with Crippen molar-refractivity contribution < 1.29 is 34.0 Å². The van der Waals surface area contributed by atoms with Crippen molar-refractivity contribution in [2.45, 2.75) is 235 Å². The predicted molar refractivity (Wildman–Crippen MR) is 504 cm³/mol. The number of amidine groups is 1. The molecule has 0 unspecified atom stereocenters. The summed E-state index contributed by atoms with van der Waals surface area (Å²) < 4.78 is 5.52. The molecule has 19 nitrogen and oxygen atoms in total. The van der Waals surface area contributed by atoms with Crippen molar-refractivity contribution in [3.63, 3.8) is 0 Å². The van der Waals surface area contributed by atoms with Gasteiger partial charge in [0, 0.05) is 110 Å². The highest BCUT2D eigenvalue weighted by atomic mass is 16.5. The van der Waals surface area contributed by atoms with E-state index in [-0.39, 0.29) is 41.7 Å². The monoisotopic (exact) mass is 1680 g/mol. The van der Waals surface area contributed by atoms with E-state index in [1.54, 1.807) is 30.3 Å². The fourth-order valence-corrected chi connectivity index (χ4v) is 16.0. The molecule has 0 saturated carbocycles. The first-order valence-electron chi connectivity index (χ1n) is 46.0. The number of rotatable bonds is 37. The molecule has 12 rings (SSSR count). The Balaban J connectivity index is 0.000000218. The lowest BCUT2D eigenvalue weighted by Crippen LogP contribution is -2.47. The number of nitriles is 1. The van der Waals surface area contributed by atoms with E-state index in [9.17, 15) is 19.2 Å². The topological polar surface area (TPSA) is 255 Å². The third-order valence-electron chi connectivity index (χ3n) is 23.8. The summed E-state index contributed by atoms with van der Waals surface area (Å²) in [7, 11) is 1.50. The standard InChI is InChI=1S/C37H46N4O2.C30H44N4O2.C30H41N3O.C7H6O2.CH5N/c1-4-5-7-10-29-13-19-33(20-14-29)37(42)41(34-22-25-40(26-23-34)24-21-28(2)3)27-30-15-17-31(18-16-30)35-38-36(43-39-35)32-11-8-6-9-12-32;1-4-5-6-7-24-8-14-27(15-9-24)30(35)34(22-25-10-12-26(13-11-25)29(31)32-36)28-17-20-33(21-18-28)19-16-23(2)3;1-4-5-6-7-25-12-14-28(15-13-25)30(34)33(23-27-10-8-26(22-31)9-11-27)29-17-20-32(21-18-29)19-16-24(2)3;8-7(9)6-4-2-1-3-5-6;1-2/h6,8-9,11-20,28,34H,4-5,7,10,21-27H2,1-3H3;8-15,23,28,36H,4-7,16-22H2,1-3H3,(H2,31,32);8-15,24,29H,4-7,16-21,23H2,1-3H3;1-5H,(H,8,9);2H2,1H3. The number of nitrogens with two attached hydrogens (primary N) is 2. The van der Waals surface area contributed by atoms with Gasteiger partial charge in [-0.3, -0.25) is 14.4 Å². The number of aryl methyl sites for hydroxylation is 3. The van der Waals surface area contributed by atoms with Gasteiger partial charge in [-0.15, -0.1) is 0 Å².